The molecule has 4 unspecified atom stereocenters. The van der Waals surface area contributed by atoms with Crippen LogP contribution in [0.5, 0.6) is 0 Å². The van der Waals surface area contributed by atoms with E-state index in [2.05, 4.69) is 48.1 Å². The second kappa shape index (κ2) is 7.36. The first-order chi connectivity index (χ1) is 16.1. The summed E-state index contributed by atoms with van der Waals surface area (Å²) in [7, 11) is 0. The van der Waals surface area contributed by atoms with E-state index in [-0.39, 0.29) is 34.5 Å². The van der Waals surface area contributed by atoms with E-state index in [1.807, 2.05) is 0 Å². The summed E-state index contributed by atoms with van der Waals surface area (Å²) < 4.78 is 0. The van der Waals surface area contributed by atoms with E-state index < -0.39 is 40.2 Å². The largest absolute Gasteiger partial charge is 0.481 e. The van der Waals surface area contributed by atoms with Crippen LogP contribution in [0.1, 0.15) is 92.9 Å². The van der Waals surface area contributed by atoms with Gasteiger partial charge in [-0.3, -0.25) is 9.59 Å². The summed E-state index contributed by atoms with van der Waals surface area (Å²) in [5.41, 5.74) is -0.558. The molecule has 5 nitrogen and oxygen atoms in total. The summed E-state index contributed by atoms with van der Waals surface area (Å²) in [6.07, 6.45) is 6.24. The van der Waals surface area contributed by atoms with Crippen molar-refractivity contribution in [3.05, 3.63) is 12.2 Å². The van der Waals surface area contributed by atoms with E-state index in [4.69, 9.17) is 0 Å². The second-order valence-electron chi connectivity index (χ2n) is 14.6. The van der Waals surface area contributed by atoms with Gasteiger partial charge in [0.1, 0.15) is 0 Å². The summed E-state index contributed by atoms with van der Waals surface area (Å²) >= 11 is 0. The van der Waals surface area contributed by atoms with E-state index in [0.717, 1.165) is 50.5 Å². The third-order valence-electron chi connectivity index (χ3n) is 13.6. The second-order valence-corrected chi connectivity index (χ2v) is 14.6. The highest BCUT2D eigenvalue weighted by Gasteiger charge is 2.75. The number of fused-ring (bicyclic) bond motifs is 7. The molecular weight excluding hydrogens is 440 g/mol. The molecule has 5 aliphatic rings. The van der Waals surface area contributed by atoms with E-state index in [1.165, 1.54) is 0 Å². The Morgan fingerprint density at radius 1 is 0.829 bits per heavy atom. The molecule has 0 heterocycles. The maximum Gasteiger partial charge on any atom is 0.309 e. The maximum absolute atomic E-state index is 12.8. The topological polar surface area (TPSA) is 94.8 Å². The Morgan fingerprint density at radius 2 is 1.49 bits per heavy atom. The molecule has 0 amide bonds. The van der Waals surface area contributed by atoms with Crippen LogP contribution < -0.4 is 0 Å². The van der Waals surface area contributed by atoms with Crippen LogP contribution in [0.4, 0.5) is 0 Å². The van der Waals surface area contributed by atoms with Crippen LogP contribution in [0.15, 0.2) is 12.2 Å². The van der Waals surface area contributed by atoms with Crippen molar-refractivity contribution < 1.29 is 24.9 Å². The molecular formula is C30H46O5. The number of hydrogen-bond acceptors (Lipinski definition) is 3. The fourth-order valence-corrected chi connectivity index (χ4v) is 11.8. The van der Waals surface area contributed by atoms with Gasteiger partial charge < -0.3 is 15.3 Å². The lowest BCUT2D eigenvalue weighted by atomic mass is 9.34. The van der Waals surface area contributed by atoms with Crippen LogP contribution in [-0.4, -0.2) is 33.4 Å². The first kappa shape index (κ1) is 25.3. The van der Waals surface area contributed by atoms with Crippen LogP contribution in [0.2, 0.25) is 0 Å². The summed E-state index contributed by atoms with van der Waals surface area (Å²) in [5, 5.41) is 32.2. The smallest absolute Gasteiger partial charge is 0.309 e. The van der Waals surface area contributed by atoms with Gasteiger partial charge in [0.15, 0.2) is 0 Å². The molecule has 5 rings (SSSR count). The highest BCUT2D eigenvalue weighted by molar-refractivity contribution is 5.76. The summed E-state index contributed by atoms with van der Waals surface area (Å²) in [4.78, 5) is 25.4. The molecule has 0 aromatic rings. The molecule has 5 aliphatic carbocycles. The SMILES string of the molecule is C=C(C)[C@@H]1CC[C@]2(C(=O)O)CC[C@]3(C)C(CCC4[C@]5(C)C(CC[C@]43C)C(C)(C)[C@@H](O)[C@@H]5C(=O)O)C12. The molecule has 5 saturated carbocycles. The van der Waals surface area contributed by atoms with Crippen molar-refractivity contribution in [2.75, 3.05) is 0 Å². The van der Waals surface area contributed by atoms with Gasteiger partial charge in [0.25, 0.3) is 0 Å². The van der Waals surface area contributed by atoms with Crippen molar-refractivity contribution >= 4 is 11.9 Å². The lowest BCUT2D eigenvalue weighted by Gasteiger charge is -2.70. The zero-order valence-electron chi connectivity index (χ0n) is 22.6. The lowest BCUT2D eigenvalue weighted by molar-refractivity contribution is -0.228. The number of aliphatic carboxylic acids is 2. The lowest BCUT2D eigenvalue weighted by Crippen LogP contribution is -2.65. The Bertz CT molecular complexity index is 970. The average Bonchev–Trinajstić information content (AvgIpc) is 3.21. The summed E-state index contributed by atoms with van der Waals surface area (Å²) in [6.45, 7) is 17.5. The number of carbonyl (C=O) groups is 2. The van der Waals surface area contributed by atoms with Crippen molar-refractivity contribution in [1.82, 2.24) is 0 Å². The van der Waals surface area contributed by atoms with Crippen molar-refractivity contribution in [1.29, 1.82) is 0 Å². The molecule has 0 aliphatic heterocycles. The maximum atomic E-state index is 12.8. The number of aliphatic hydroxyl groups excluding tert-OH is 1. The van der Waals surface area contributed by atoms with Gasteiger partial charge >= 0.3 is 11.9 Å². The van der Waals surface area contributed by atoms with Gasteiger partial charge in [0.05, 0.1) is 17.4 Å². The molecule has 0 radical (unpaired) electrons. The monoisotopic (exact) mass is 486 g/mol. The van der Waals surface area contributed by atoms with E-state index in [1.54, 1.807) is 0 Å². The molecule has 0 bridgehead atoms. The number of carboxylic acids is 2. The molecule has 35 heavy (non-hydrogen) atoms. The third-order valence-corrected chi connectivity index (χ3v) is 13.6. The standard InChI is InChI=1S/C30H46O5/c1-16(2)17-10-13-30(25(34)35)15-14-27(5)18(21(17)30)8-9-20-28(27,6)12-11-19-26(3,4)23(31)22(24(32)33)29(19,20)7/h17-23,31H,1,8-15H2,2-7H3,(H,32,33)(H,34,35)/t17-,18?,19?,20?,21?,22+,23-,27+,28+,29-,30-/m0/s1. The third kappa shape index (κ3) is 2.75. The minimum Gasteiger partial charge on any atom is -0.481 e. The van der Waals surface area contributed by atoms with Crippen LogP contribution >= 0.6 is 0 Å². The van der Waals surface area contributed by atoms with Gasteiger partial charge in [0.2, 0.25) is 0 Å². The Kier molecular flexibility index (Phi) is 5.32. The minimum atomic E-state index is -0.862. The molecule has 3 N–H and O–H groups in total. The quantitative estimate of drug-likeness (QED) is 0.425. The molecule has 0 aromatic heterocycles. The molecule has 196 valence electrons. The zero-order valence-corrected chi connectivity index (χ0v) is 22.6. The van der Waals surface area contributed by atoms with Crippen LogP contribution in [0.25, 0.3) is 0 Å². The Balaban J connectivity index is 1.62. The van der Waals surface area contributed by atoms with Crippen molar-refractivity contribution in [2.24, 2.45) is 62.6 Å². The van der Waals surface area contributed by atoms with Crippen molar-refractivity contribution in [2.45, 2.75) is 99.0 Å². The van der Waals surface area contributed by atoms with Gasteiger partial charge in [-0.15, -0.1) is 0 Å². The van der Waals surface area contributed by atoms with Crippen LogP contribution in [-0.2, 0) is 9.59 Å². The molecule has 0 saturated heterocycles. The van der Waals surface area contributed by atoms with Gasteiger partial charge in [-0.05, 0) is 110 Å². The molecule has 0 spiro atoms. The average molecular weight is 487 g/mol. The summed E-state index contributed by atoms with van der Waals surface area (Å²) in [5.74, 6) is -1.21. The Morgan fingerprint density at radius 3 is 2.06 bits per heavy atom. The molecule has 5 fully saturated rings. The normalized spacial score (nSPS) is 54.2. The van der Waals surface area contributed by atoms with Crippen molar-refractivity contribution in [3.63, 3.8) is 0 Å². The number of rotatable bonds is 3. The van der Waals surface area contributed by atoms with E-state index in [9.17, 15) is 24.9 Å². The van der Waals surface area contributed by atoms with Crippen molar-refractivity contribution in [3.8, 4) is 0 Å². The first-order valence-corrected chi connectivity index (χ1v) is 13.9. The predicted molar refractivity (Wildman–Crippen MR) is 135 cm³/mol. The first-order valence-electron chi connectivity index (χ1n) is 13.9. The summed E-state index contributed by atoms with van der Waals surface area (Å²) in [6, 6.07) is 0. The highest BCUT2D eigenvalue weighted by atomic mass is 16.4. The fourth-order valence-electron chi connectivity index (χ4n) is 11.8. The van der Waals surface area contributed by atoms with E-state index >= 15 is 0 Å². The Labute approximate surface area is 210 Å². The minimum absolute atomic E-state index is 0.0493. The number of hydrogen-bond donors (Lipinski definition) is 3. The molecule has 0 aromatic carbocycles. The number of allylic oxidation sites excluding steroid dienone is 1. The highest BCUT2D eigenvalue weighted by Crippen LogP contribution is 2.79. The van der Waals surface area contributed by atoms with Crippen LogP contribution in [0.3, 0.4) is 0 Å². The number of carboxylic acid groups (broad SMARTS) is 2. The van der Waals surface area contributed by atoms with Gasteiger partial charge in [-0.1, -0.05) is 46.8 Å². The zero-order chi connectivity index (χ0) is 25.9. The van der Waals surface area contributed by atoms with E-state index in [0.29, 0.717) is 12.3 Å². The molecule has 11 atom stereocenters. The van der Waals surface area contributed by atoms with Gasteiger partial charge in [0, 0.05) is 0 Å². The predicted octanol–water partition coefficient (Wildman–Crippen LogP) is 6.01. The van der Waals surface area contributed by atoms with Gasteiger partial charge in [-0.2, -0.15) is 0 Å². The van der Waals surface area contributed by atoms with Crippen LogP contribution in [0, 0.1) is 62.6 Å². The molecule has 5 heteroatoms. The Hall–Kier alpha value is -1.36. The number of aliphatic hydroxyl groups is 1. The van der Waals surface area contributed by atoms with Gasteiger partial charge in [-0.25, -0.2) is 0 Å². The fraction of sp³-hybridized carbons (Fsp3) is 0.867.